The molecular weight excluding hydrogens is 375 g/mol. The molecule has 1 amide bonds. The molecule has 0 aliphatic heterocycles. The maximum Gasteiger partial charge on any atom is 0.224 e. The van der Waals surface area contributed by atoms with Gasteiger partial charge in [0, 0.05) is 25.6 Å². The molecule has 0 radical (unpaired) electrons. The minimum Gasteiger partial charge on any atom is -0.355 e. The van der Waals surface area contributed by atoms with Crippen LogP contribution in [0.4, 0.5) is 4.39 Å². The van der Waals surface area contributed by atoms with E-state index in [4.69, 9.17) is 0 Å². The second-order valence-electron chi connectivity index (χ2n) is 6.50. The molecule has 0 fully saturated rings. The Hall–Kier alpha value is -3.06. The molecule has 7 heteroatoms. The molecule has 0 bridgehead atoms. The van der Waals surface area contributed by atoms with E-state index in [9.17, 15) is 9.18 Å². The van der Waals surface area contributed by atoms with Gasteiger partial charge in [0.05, 0.1) is 11.1 Å². The normalized spacial score (nSPS) is 11.1. The standard InChI is InChI=1S/C21H19FN4OS/c1-26-18(24-21(25-26)14-6-3-2-4-7-14)10-11-23-19(27)12-15-13-28-20-16(15)8-5-9-17(20)22/h2-9,13H,10-12H2,1H3,(H,23,27). The minimum absolute atomic E-state index is 0.0885. The average molecular weight is 394 g/mol. The zero-order valence-corrected chi connectivity index (χ0v) is 16.2. The SMILES string of the molecule is Cn1nc(-c2ccccc2)nc1CCNC(=O)Cc1csc2c(F)cccc12. The van der Waals surface area contributed by atoms with Crippen LogP contribution < -0.4 is 5.32 Å². The van der Waals surface area contributed by atoms with E-state index in [0.29, 0.717) is 23.5 Å². The Labute approximate surface area is 165 Å². The van der Waals surface area contributed by atoms with E-state index in [1.165, 1.54) is 17.4 Å². The van der Waals surface area contributed by atoms with Gasteiger partial charge in [0.2, 0.25) is 5.91 Å². The lowest BCUT2D eigenvalue weighted by Gasteiger charge is -2.04. The first-order valence-corrected chi connectivity index (χ1v) is 9.86. The van der Waals surface area contributed by atoms with Crippen molar-refractivity contribution >= 4 is 27.3 Å². The number of halogens is 1. The monoisotopic (exact) mass is 394 g/mol. The molecule has 5 nitrogen and oxygen atoms in total. The summed E-state index contributed by atoms with van der Waals surface area (Å²) in [4.78, 5) is 16.9. The van der Waals surface area contributed by atoms with Crippen molar-refractivity contribution < 1.29 is 9.18 Å². The van der Waals surface area contributed by atoms with Crippen LogP contribution in [0.1, 0.15) is 11.4 Å². The number of benzene rings is 2. The molecule has 0 atom stereocenters. The summed E-state index contributed by atoms with van der Waals surface area (Å²) in [7, 11) is 1.85. The van der Waals surface area contributed by atoms with Gasteiger partial charge >= 0.3 is 0 Å². The Morgan fingerprint density at radius 1 is 1.18 bits per heavy atom. The molecule has 0 aliphatic carbocycles. The van der Waals surface area contributed by atoms with Crippen LogP contribution in [0.25, 0.3) is 21.5 Å². The van der Waals surface area contributed by atoms with Crippen molar-refractivity contribution in [3.8, 4) is 11.4 Å². The maximum absolute atomic E-state index is 13.8. The Morgan fingerprint density at radius 3 is 2.82 bits per heavy atom. The van der Waals surface area contributed by atoms with Gasteiger partial charge in [0.15, 0.2) is 5.82 Å². The van der Waals surface area contributed by atoms with Crippen molar-refractivity contribution in [2.75, 3.05) is 6.54 Å². The number of thiophene rings is 1. The first kappa shape index (κ1) is 18.3. The molecule has 0 saturated carbocycles. The van der Waals surface area contributed by atoms with E-state index >= 15 is 0 Å². The first-order valence-electron chi connectivity index (χ1n) is 8.98. The molecule has 4 aromatic rings. The van der Waals surface area contributed by atoms with Crippen molar-refractivity contribution in [3.05, 3.63) is 71.1 Å². The van der Waals surface area contributed by atoms with Gasteiger partial charge in [-0.2, -0.15) is 5.10 Å². The van der Waals surface area contributed by atoms with Gasteiger partial charge in [-0.1, -0.05) is 42.5 Å². The van der Waals surface area contributed by atoms with Gasteiger partial charge in [-0.05, 0) is 22.4 Å². The maximum atomic E-state index is 13.8. The summed E-state index contributed by atoms with van der Waals surface area (Å²) in [5, 5.41) is 10.0. The highest BCUT2D eigenvalue weighted by atomic mass is 32.1. The third-order valence-corrected chi connectivity index (χ3v) is 5.59. The van der Waals surface area contributed by atoms with Gasteiger partial charge in [0.1, 0.15) is 11.6 Å². The summed E-state index contributed by atoms with van der Waals surface area (Å²) < 4.78 is 16.1. The number of amides is 1. The number of aromatic nitrogens is 3. The fraction of sp³-hybridized carbons (Fsp3) is 0.190. The van der Waals surface area contributed by atoms with Crippen LogP contribution in [0.3, 0.4) is 0 Å². The molecule has 0 saturated heterocycles. The van der Waals surface area contributed by atoms with Crippen molar-refractivity contribution in [3.63, 3.8) is 0 Å². The third-order valence-electron chi connectivity index (χ3n) is 4.54. The lowest BCUT2D eigenvalue weighted by atomic mass is 10.1. The number of carbonyl (C=O) groups excluding carboxylic acids is 1. The molecular formula is C21H19FN4OS. The smallest absolute Gasteiger partial charge is 0.224 e. The number of nitrogens with zero attached hydrogens (tertiary/aromatic N) is 3. The van der Waals surface area contributed by atoms with Crippen molar-refractivity contribution in [2.24, 2.45) is 7.05 Å². The molecule has 2 heterocycles. The third kappa shape index (κ3) is 3.80. The van der Waals surface area contributed by atoms with Gasteiger partial charge < -0.3 is 5.32 Å². The summed E-state index contributed by atoms with van der Waals surface area (Å²) in [6.07, 6.45) is 0.818. The van der Waals surface area contributed by atoms with E-state index in [-0.39, 0.29) is 18.1 Å². The topological polar surface area (TPSA) is 59.8 Å². The minimum atomic E-state index is -0.245. The van der Waals surface area contributed by atoms with E-state index in [1.807, 2.05) is 48.8 Å². The van der Waals surface area contributed by atoms with Crippen LogP contribution >= 0.6 is 11.3 Å². The number of hydrogen-bond donors (Lipinski definition) is 1. The van der Waals surface area contributed by atoms with E-state index < -0.39 is 0 Å². The Balaban J connectivity index is 1.36. The molecule has 28 heavy (non-hydrogen) atoms. The predicted octanol–water partition coefficient (Wildman–Crippen LogP) is 3.74. The number of aryl methyl sites for hydroxylation is 1. The number of nitrogens with one attached hydrogen (secondary N) is 1. The van der Waals surface area contributed by atoms with Gasteiger partial charge in [0.25, 0.3) is 0 Å². The van der Waals surface area contributed by atoms with Crippen LogP contribution in [-0.2, 0) is 24.7 Å². The fourth-order valence-electron chi connectivity index (χ4n) is 3.11. The number of fused-ring (bicyclic) bond motifs is 1. The van der Waals surface area contributed by atoms with E-state index in [0.717, 1.165) is 22.3 Å². The lowest BCUT2D eigenvalue weighted by molar-refractivity contribution is -0.120. The Bertz CT molecular complexity index is 1120. The van der Waals surface area contributed by atoms with Gasteiger partial charge in [-0.3, -0.25) is 9.48 Å². The van der Waals surface area contributed by atoms with E-state index in [2.05, 4.69) is 15.4 Å². The van der Waals surface area contributed by atoms with Crippen LogP contribution in [-0.4, -0.2) is 27.2 Å². The van der Waals surface area contributed by atoms with Gasteiger partial charge in [-0.25, -0.2) is 9.37 Å². The highest BCUT2D eigenvalue weighted by Gasteiger charge is 2.12. The molecule has 0 unspecified atom stereocenters. The van der Waals surface area contributed by atoms with Crippen molar-refractivity contribution in [2.45, 2.75) is 12.8 Å². The zero-order valence-electron chi connectivity index (χ0n) is 15.4. The second-order valence-corrected chi connectivity index (χ2v) is 7.38. The second kappa shape index (κ2) is 7.90. The molecule has 142 valence electrons. The molecule has 0 spiro atoms. The van der Waals surface area contributed by atoms with Crippen LogP contribution in [0, 0.1) is 5.82 Å². The lowest BCUT2D eigenvalue weighted by Crippen LogP contribution is -2.27. The molecule has 2 aromatic carbocycles. The largest absolute Gasteiger partial charge is 0.355 e. The molecule has 2 aromatic heterocycles. The molecule has 4 rings (SSSR count). The highest BCUT2D eigenvalue weighted by Crippen LogP contribution is 2.28. The Morgan fingerprint density at radius 2 is 2.00 bits per heavy atom. The fourth-order valence-corrected chi connectivity index (χ4v) is 4.08. The summed E-state index contributed by atoms with van der Waals surface area (Å²) in [5.74, 6) is 1.15. The van der Waals surface area contributed by atoms with Crippen molar-refractivity contribution in [1.82, 2.24) is 20.1 Å². The summed E-state index contributed by atoms with van der Waals surface area (Å²) >= 11 is 1.33. The highest BCUT2D eigenvalue weighted by molar-refractivity contribution is 7.17. The average Bonchev–Trinajstić information content (AvgIpc) is 3.27. The van der Waals surface area contributed by atoms with Crippen LogP contribution in [0.5, 0.6) is 0 Å². The predicted molar refractivity (Wildman–Crippen MR) is 109 cm³/mol. The number of rotatable bonds is 6. The summed E-state index contributed by atoms with van der Waals surface area (Å²) in [6, 6.07) is 14.7. The van der Waals surface area contributed by atoms with Gasteiger partial charge in [-0.15, -0.1) is 11.3 Å². The number of hydrogen-bond acceptors (Lipinski definition) is 4. The zero-order chi connectivity index (χ0) is 19.5. The molecule has 0 aliphatic rings. The van der Waals surface area contributed by atoms with Crippen LogP contribution in [0.15, 0.2) is 53.9 Å². The quantitative estimate of drug-likeness (QED) is 0.542. The van der Waals surface area contributed by atoms with Crippen molar-refractivity contribution in [1.29, 1.82) is 0 Å². The first-order chi connectivity index (χ1) is 13.6. The number of carbonyl (C=O) groups is 1. The Kier molecular flexibility index (Phi) is 5.16. The summed E-state index contributed by atoms with van der Waals surface area (Å²) in [5.41, 5.74) is 1.81. The van der Waals surface area contributed by atoms with Crippen LogP contribution in [0.2, 0.25) is 0 Å². The summed E-state index contributed by atoms with van der Waals surface area (Å²) in [6.45, 7) is 0.468. The molecule has 1 N–H and O–H groups in total. The van der Waals surface area contributed by atoms with E-state index in [1.54, 1.807) is 10.7 Å².